The monoisotopic (exact) mass is 230 g/mol. The molecule has 3 nitrogen and oxygen atoms in total. The molecule has 0 aromatic carbocycles. The number of carbonyl (C=O) groups is 2. The topological polar surface area (TPSA) is 54.4 Å². The minimum absolute atomic E-state index is 0.0196. The summed E-state index contributed by atoms with van der Waals surface area (Å²) in [6, 6.07) is 0. The molecule has 0 bridgehead atoms. The molecule has 0 spiro atoms. The maximum absolute atomic E-state index is 11.3. The van der Waals surface area contributed by atoms with Crippen LogP contribution in [-0.4, -0.2) is 24.7 Å². The van der Waals surface area contributed by atoms with Gasteiger partial charge in [0.25, 0.3) is 0 Å². The molecule has 1 N–H and O–H groups in total. The average Bonchev–Trinajstić information content (AvgIpc) is 1.97. The van der Waals surface area contributed by atoms with Crippen molar-refractivity contribution < 1.29 is 14.4 Å². The number of ketones is 2. The second kappa shape index (κ2) is 5.03. The predicted molar refractivity (Wildman–Crippen MR) is 63.3 cm³/mol. The highest BCUT2D eigenvalue weighted by molar-refractivity contribution is 6.72. The molecule has 0 aliphatic heterocycles. The average molecular weight is 230 g/mol. The molecule has 0 saturated heterocycles. The Morgan fingerprint density at radius 2 is 1.73 bits per heavy atom. The summed E-state index contributed by atoms with van der Waals surface area (Å²) in [7, 11) is -2.23. The molecule has 0 aromatic rings. The number of hydrogen-bond acceptors (Lipinski definition) is 3. The summed E-state index contributed by atoms with van der Waals surface area (Å²) < 4.78 is 0. The highest BCUT2D eigenvalue weighted by Crippen LogP contribution is 2.39. The maximum atomic E-state index is 11.3. The van der Waals surface area contributed by atoms with Crippen LogP contribution >= 0.6 is 0 Å². The molecule has 88 valence electrons. The van der Waals surface area contributed by atoms with E-state index in [1.165, 1.54) is 6.92 Å². The second-order valence-corrected chi connectivity index (χ2v) is 9.83. The van der Waals surface area contributed by atoms with E-state index in [0.29, 0.717) is 12.8 Å². The van der Waals surface area contributed by atoms with Crippen LogP contribution in [0.5, 0.6) is 0 Å². The third kappa shape index (κ3) is 5.23. The second-order valence-electron chi connectivity index (χ2n) is 5.36. The fraction of sp³-hybridized carbons (Fsp3) is 0.818. The number of Topliss-reactive ketones (excluding diaryl/α,β-unsaturated/α-hetero) is 2. The summed E-state index contributed by atoms with van der Waals surface area (Å²) in [6.07, 6.45) is 1.09. The molecule has 4 heteroatoms. The van der Waals surface area contributed by atoms with Crippen LogP contribution < -0.4 is 0 Å². The summed E-state index contributed by atoms with van der Waals surface area (Å²) in [5, 5.41) is -0.181. The first-order valence-electron chi connectivity index (χ1n) is 5.30. The van der Waals surface area contributed by atoms with E-state index in [9.17, 15) is 14.4 Å². The number of rotatable bonds is 6. The Kier molecular flexibility index (Phi) is 4.87. The quantitative estimate of drug-likeness (QED) is 0.562. The van der Waals surface area contributed by atoms with Gasteiger partial charge in [0, 0.05) is 6.42 Å². The Bertz CT molecular complexity index is 251. The summed E-state index contributed by atoms with van der Waals surface area (Å²) in [5.41, 5.74) is 0. The lowest BCUT2D eigenvalue weighted by atomic mass is 10.0. The van der Waals surface area contributed by atoms with E-state index >= 15 is 0 Å². The van der Waals surface area contributed by atoms with Crippen molar-refractivity contribution in [1.29, 1.82) is 0 Å². The zero-order valence-corrected chi connectivity index (χ0v) is 11.4. The van der Waals surface area contributed by atoms with Crippen molar-refractivity contribution >= 4 is 19.9 Å². The van der Waals surface area contributed by atoms with Crippen molar-refractivity contribution in [1.82, 2.24) is 0 Å². The van der Waals surface area contributed by atoms with Gasteiger partial charge in [-0.3, -0.25) is 9.59 Å². The molecule has 0 aliphatic carbocycles. The van der Waals surface area contributed by atoms with E-state index in [-0.39, 0.29) is 23.0 Å². The largest absolute Gasteiger partial charge is 0.432 e. The zero-order chi connectivity index (χ0) is 12.3. The van der Waals surface area contributed by atoms with Crippen LogP contribution in [0.2, 0.25) is 18.1 Å². The molecular formula is C11H22O3Si. The Labute approximate surface area is 93.0 Å². The number of carbonyl (C=O) groups excluding carboxylic acids is 2. The molecule has 0 amide bonds. The fourth-order valence-electron chi connectivity index (χ4n) is 1.12. The lowest BCUT2D eigenvalue weighted by Gasteiger charge is -2.34. The first kappa shape index (κ1) is 14.5. The lowest BCUT2D eigenvalue weighted by molar-refractivity contribution is -0.126. The molecule has 0 fully saturated rings. The van der Waals surface area contributed by atoms with Crippen molar-refractivity contribution in [3.8, 4) is 0 Å². The molecule has 15 heavy (non-hydrogen) atoms. The van der Waals surface area contributed by atoms with Crippen LogP contribution in [0.25, 0.3) is 0 Å². The van der Waals surface area contributed by atoms with Gasteiger partial charge in [-0.05, 0) is 31.5 Å². The van der Waals surface area contributed by atoms with Crippen LogP contribution in [0, 0.1) is 0 Å². The molecule has 0 rings (SSSR count). The number of hydrogen-bond donors (Lipinski definition) is 1. The van der Waals surface area contributed by atoms with Gasteiger partial charge < -0.3 is 4.80 Å². The van der Waals surface area contributed by atoms with Crippen molar-refractivity contribution in [3.63, 3.8) is 0 Å². The van der Waals surface area contributed by atoms with Crippen molar-refractivity contribution in [2.45, 2.75) is 58.2 Å². The maximum Gasteiger partial charge on any atom is 0.188 e. The van der Waals surface area contributed by atoms with E-state index in [1.807, 2.05) is 26.9 Å². The molecule has 0 aliphatic rings. The van der Waals surface area contributed by atoms with Crippen molar-refractivity contribution in [3.05, 3.63) is 0 Å². The Morgan fingerprint density at radius 3 is 2.07 bits per heavy atom. The van der Waals surface area contributed by atoms with Crippen molar-refractivity contribution in [2.24, 2.45) is 0 Å². The third-order valence-electron chi connectivity index (χ3n) is 3.13. The van der Waals surface area contributed by atoms with Crippen LogP contribution in [0.4, 0.5) is 0 Å². The summed E-state index contributed by atoms with van der Waals surface area (Å²) >= 11 is 0. The summed E-state index contributed by atoms with van der Waals surface area (Å²) in [6.45, 7) is 9.15. The van der Waals surface area contributed by atoms with Gasteiger partial charge >= 0.3 is 0 Å². The molecule has 0 unspecified atom stereocenters. The molecule has 0 aromatic heterocycles. The molecular weight excluding hydrogens is 208 g/mol. The van der Waals surface area contributed by atoms with Gasteiger partial charge in [0.15, 0.2) is 8.32 Å². The normalized spacial score (nSPS) is 12.7. The third-order valence-corrected chi connectivity index (χ3v) is 6.69. The zero-order valence-electron chi connectivity index (χ0n) is 10.4. The van der Waals surface area contributed by atoms with E-state index in [0.717, 1.165) is 0 Å². The molecule has 0 saturated carbocycles. The smallest absolute Gasteiger partial charge is 0.188 e. The molecule has 0 atom stereocenters. The fourth-order valence-corrected chi connectivity index (χ4v) is 1.86. The lowest BCUT2D eigenvalue weighted by Crippen LogP contribution is -2.39. The summed E-state index contributed by atoms with van der Waals surface area (Å²) in [4.78, 5) is 32.1. The van der Waals surface area contributed by atoms with Crippen molar-refractivity contribution in [2.75, 3.05) is 0 Å². The van der Waals surface area contributed by atoms with Gasteiger partial charge in [-0.1, -0.05) is 13.8 Å². The van der Waals surface area contributed by atoms with E-state index in [1.54, 1.807) is 0 Å². The highest BCUT2D eigenvalue weighted by Gasteiger charge is 2.37. The van der Waals surface area contributed by atoms with Gasteiger partial charge in [-0.15, -0.1) is 0 Å². The predicted octanol–water partition coefficient (Wildman–Crippen LogP) is 2.29. The first-order chi connectivity index (χ1) is 6.56. The SMILES string of the molecule is CC(=O)CC(=O)CCC(C)(C)[Si](C)(C)O. The van der Waals surface area contributed by atoms with Gasteiger partial charge in [0.05, 0.1) is 6.42 Å². The first-order valence-corrected chi connectivity index (χ1v) is 8.24. The van der Waals surface area contributed by atoms with E-state index in [2.05, 4.69) is 0 Å². The minimum atomic E-state index is -2.23. The van der Waals surface area contributed by atoms with Crippen LogP contribution in [0.1, 0.15) is 40.0 Å². The molecule has 0 radical (unpaired) electrons. The highest BCUT2D eigenvalue weighted by atomic mass is 28.4. The van der Waals surface area contributed by atoms with Gasteiger partial charge in [0.2, 0.25) is 0 Å². The van der Waals surface area contributed by atoms with Gasteiger partial charge in [-0.2, -0.15) is 0 Å². The Balaban J connectivity index is 4.16. The van der Waals surface area contributed by atoms with Gasteiger partial charge in [-0.25, -0.2) is 0 Å². The van der Waals surface area contributed by atoms with E-state index in [4.69, 9.17) is 0 Å². The van der Waals surface area contributed by atoms with Crippen LogP contribution in [0.3, 0.4) is 0 Å². The van der Waals surface area contributed by atoms with Crippen LogP contribution in [0.15, 0.2) is 0 Å². The summed E-state index contributed by atoms with van der Waals surface area (Å²) in [5.74, 6) is -0.105. The van der Waals surface area contributed by atoms with Crippen LogP contribution in [-0.2, 0) is 9.59 Å². The molecule has 0 heterocycles. The Morgan fingerprint density at radius 1 is 1.27 bits per heavy atom. The Hall–Kier alpha value is -0.483. The standard InChI is InChI=1S/C11H22O3Si/c1-9(12)8-10(13)6-7-11(2,3)15(4,5)14/h14H,6-8H2,1-5H3. The van der Waals surface area contributed by atoms with E-state index < -0.39 is 8.32 Å². The van der Waals surface area contributed by atoms with Gasteiger partial charge in [0.1, 0.15) is 11.6 Å². The minimum Gasteiger partial charge on any atom is -0.432 e.